The number of hydrogen-bond acceptors (Lipinski definition) is 2. The normalized spacial score (nSPS) is 17.4. The Labute approximate surface area is 118 Å². The second-order valence-electron chi connectivity index (χ2n) is 6.08. The van der Waals surface area contributed by atoms with Crippen LogP contribution >= 0.6 is 11.6 Å². The first kappa shape index (κ1) is 14.1. The summed E-state index contributed by atoms with van der Waals surface area (Å²) < 4.78 is 0. The van der Waals surface area contributed by atoms with Crippen molar-refractivity contribution in [2.45, 2.75) is 32.6 Å². The van der Waals surface area contributed by atoms with Crippen LogP contribution < -0.4 is 0 Å². The molecule has 1 heterocycles. The minimum absolute atomic E-state index is 0.0881. The first-order valence-electron chi connectivity index (χ1n) is 6.29. The molecule has 1 aromatic carbocycles. The van der Waals surface area contributed by atoms with Crippen molar-refractivity contribution in [3.63, 3.8) is 0 Å². The van der Waals surface area contributed by atoms with Crippen LogP contribution in [0, 0.1) is 5.41 Å². The second-order valence-corrected chi connectivity index (χ2v) is 6.52. The highest BCUT2D eigenvalue weighted by molar-refractivity contribution is 6.21. The molecule has 1 aromatic rings. The van der Waals surface area contributed by atoms with Crippen LogP contribution in [0.3, 0.4) is 0 Å². The molecule has 0 fully saturated rings. The fourth-order valence-electron chi connectivity index (χ4n) is 2.18. The monoisotopic (exact) mass is 279 g/mol. The van der Waals surface area contributed by atoms with Gasteiger partial charge in [-0.3, -0.25) is 14.5 Å². The molecule has 0 bridgehead atoms. The Morgan fingerprint density at radius 2 is 1.89 bits per heavy atom. The summed E-state index contributed by atoms with van der Waals surface area (Å²) in [6.45, 7) is 6.17. The molecule has 1 atom stereocenters. The highest BCUT2D eigenvalue weighted by atomic mass is 35.5. The van der Waals surface area contributed by atoms with E-state index in [1.807, 2.05) is 18.2 Å². The summed E-state index contributed by atoms with van der Waals surface area (Å²) in [4.78, 5) is 24.9. The topological polar surface area (TPSA) is 37.4 Å². The first-order chi connectivity index (χ1) is 8.71. The molecular weight excluding hydrogens is 262 g/mol. The number of benzene rings is 1. The van der Waals surface area contributed by atoms with Gasteiger partial charge in [0, 0.05) is 12.6 Å². The van der Waals surface area contributed by atoms with Crippen molar-refractivity contribution in [1.29, 1.82) is 0 Å². The number of alkyl halides is 1. The van der Waals surface area contributed by atoms with Crippen LogP contribution in [0.2, 0.25) is 0 Å². The third-order valence-electron chi connectivity index (χ3n) is 3.44. The van der Waals surface area contributed by atoms with Gasteiger partial charge in [-0.05, 0) is 22.6 Å². The highest BCUT2D eigenvalue weighted by Gasteiger charge is 2.30. The number of halogens is 1. The Bertz CT molecular complexity index is 546. The average molecular weight is 280 g/mol. The predicted octanol–water partition coefficient (Wildman–Crippen LogP) is 3.17. The smallest absolute Gasteiger partial charge is 0.260 e. The van der Waals surface area contributed by atoms with E-state index in [1.165, 1.54) is 11.9 Å². The molecule has 3 nitrogen and oxygen atoms in total. The van der Waals surface area contributed by atoms with E-state index in [2.05, 4.69) is 20.8 Å². The number of rotatable bonds is 1. The Hall–Kier alpha value is -1.35. The molecular formula is C15H18ClNO2. The number of carbonyl (C=O) groups is 2. The first-order valence-corrected chi connectivity index (χ1v) is 6.73. The van der Waals surface area contributed by atoms with Gasteiger partial charge < -0.3 is 0 Å². The van der Waals surface area contributed by atoms with Gasteiger partial charge in [0.15, 0.2) is 0 Å². The molecule has 2 rings (SSSR count). The number of imide groups is 1. The fourth-order valence-corrected chi connectivity index (χ4v) is 2.32. The molecule has 2 amide bonds. The van der Waals surface area contributed by atoms with Gasteiger partial charge in [-0.1, -0.05) is 32.9 Å². The van der Waals surface area contributed by atoms with E-state index < -0.39 is 0 Å². The molecule has 19 heavy (non-hydrogen) atoms. The summed E-state index contributed by atoms with van der Waals surface area (Å²) in [6.07, 6.45) is 0.278. The Morgan fingerprint density at radius 3 is 2.47 bits per heavy atom. The number of carbonyl (C=O) groups excluding carboxylic acids is 2. The van der Waals surface area contributed by atoms with E-state index in [1.54, 1.807) is 0 Å². The fraction of sp³-hybridized carbons (Fsp3) is 0.467. The standard InChI is InChI=1S/C15H18ClNO2/c1-15(2,3)13(16)10-6-5-9-8-12(18)17(4)14(19)11(9)7-10/h5-7,13H,8H2,1-4H3. The van der Waals surface area contributed by atoms with Crippen LogP contribution in [-0.2, 0) is 11.2 Å². The summed E-state index contributed by atoms with van der Waals surface area (Å²) in [5, 5.41) is -0.173. The van der Waals surface area contributed by atoms with Crippen molar-refractivity contribution in [2.75, 3.05) is 7.05 Å². The molecule has 102 valence electrons. The van der Waals surface area contributed by atoms with Crippen LogP contribution in [0.25, 0.3) is 0 Å². The second kappa shape index (κ2) is 4.64. The van der Waals surface area contributed by atoms with E-state index in [0.29, 0.717) is 5.56 Å². The van der Waals surface area contributed by atoms with Crippen LogP contribution in [-0.4, -0.2) is 23.8 Å². The van der Waals surface area contributed by atoms with Gasteiger partial charge in [-0.25, -0.2) is 0 Å². The van der Waals surface area contributed by atoms with Gasteiger partial charge in [0.05, 0.1) is 11.8 Å². The van der Waals surface area contributed by atoms with E-state index >= 15 is 0 Å². The van der Waals surface area contributed by atoms with Gasteiger partial charge in [-0.2, -0.15) is 0 Å². The zero-order chi connectivity index (χ0) is 14.4. The maximum atomic E-state index is 12.1. The maximum absolute atomic E-state index is 12.1. The van der Waals surface area contributed by atoms with E-state index in [0.717, 1.165) is 11.1 Å². The molecule has 1 unspecified atom stereocenters. The lowest BCUT2D eigenvalue weighted by Gasteiger charge is -2.28. The summed E-state index contributed by atoms with van der Waals surface area (Å²) in [6, 6.07) is 5.58. The minimum Gasteiger partial charge on any atom is -0.281 e. The number of likely N-dealkylation sites (N-methyl/N-ethyl adjacent to an activating group) is 1. The molecule has 0 aliphatic carbocycles. The molecule has 0 N–H and O–H groups in total. The van der Waals surface area contributed by atoms with Crippen molar-refractivity contribution in [3.05, 3.63) is 34.9 Å². The lowest BCUT2D eigenvalue weighted by molar-refractivity contribution is -0.127. The summed E-state index contributed by atoms with van der Waals surface area (Å²) >= 11 is 6.45. The minimum atomic E-state index is -0.245. The largest absolute Gasteiger partial charge is 0.281 e. The molecule has 1 aliphatic heterocycles. The Kier molecular flexibility index (Phi) is 3.43. The van der Waals surface area contributed by atoms with Crippen molar-refractivity contribution >= 4 is 23.4 Å². The molecule has 0 saturated carbocycles. The van der Waals surface area contributed by atoms with Gasteiger partial charge in [0.1, 0.15) is 0 Å². The average Bonchev–Trinajstić information content (AvgIpc) is 2.34. The highest BCUT2D eigenvalue weighted by Crippen LogP contribution is 2.39. The Balaban J connectivity index is 2.45. The predicted molar refractivity (Wildman–Crippen MR) is 75.3 cm³/mol. The van der Waals surface area contributed by atoms with Crippen LogP contribution in [0.4, 0.5) is 0 Å². The molecule has 0 spiro atoms. The van der Waals surface area contributed by atoms with Crippen LogP contribution in [0.5, 0.6) is 0 Å². The van der Waals surface area contributed by atoms with Crippen LogP contribution in [0.15, 0.2) is 18.2 Å². The molecule has 0 radical (unpaired) electrons. The van der Waals surface area contributed by atoms with E-state index in [4.69, 9.17) is 11.6 Å². The third kappa shape index (κ3) is 2.52. The summed E-state index contributed by atoms with van der Waals surface area (Å²) in [7, 11) is 1.52. The number of hydrogen-bond donors (Lipinski definition) is 0. The number of nitrogens with zero attached hydrogens (tertiary/aromatic N) is 1. The quantitative estimate of drug-likeness (QED) is 0.585. The SMILES string of the molecule is CN1C(=O)Cc2ccc(C(Cl)C(C)(C)C)cc2C1=O. The van der Waals surface area contributed by atoms with E-state index in [-0.39, 0.29) is 29.0 Å². The van der Waals surface area contributed by atoms with Gasteiger partial charge in [0.25, 0.3) is 5.91 Å². The summed E-state index contributed by atoms with van der Waals surface area (Å²) in [5.41, 5.74) is 2.21. The molecule has 4 heteroatoms. The molecule has 0 aromatic heterocycles. The summed E-state index contributed by atoms with van der Waals surface area (Å²) in [5.74, 6) is -0.408. The molecule has 0 saturated heterocycles. The lowest BCUT2D eigenvalue weighted by Crippen LogP contribution is -2.39. The maximum Gasteiger partial charge on any atom is 0.260 e. The third-order valence-corrected chi connectivity index (χ3v) is 4.34. The van der Waals surface area contributed by atoms with Crippen LogP contribution in [0.1, 0.15) is 47.6 Å². The zero-order valence-corrected chi connectivity index (χ0v) is 12.4. The van der Waals surface area contributed by atoms with Crippen molar-refractivity contribution in [1.82, 2.24) is 4.90 Å². The van der Waals surface area contributed by atoms with Gasteiger partial charge >= 0.3 is 0 Å². The zero-order valence-electron chi connectivity index (χ0n) is 11.7. The van der Waals surface area contributed by atoms with Crippen molar-refractivity contribution < 1.29 is 9.59 Å². The van der Waals surface area contributed by atoms with Crippen molar-refractivity contribution in [3.8, 4) is 0 Å². The Morgan fingerprint density at radius 1 is 1.26 bits per heavy atom. The van der Waals surface area contributed by atoms with E-state index in [9.17, 15) is 9.59 Å². The number of fused-ring (bicyclic) bond motifs is 1. The number of amides is 2. The van der Waals surface area contributed by atoms with Gasteiger partial charge in [-0.15, -0.1) is 11.6 Å². The lowest BCUT2D eigenvalue weighted by atomic mass is 9.85. The van der Waals surface area contributed by atoms with Gasteiger partial charge in [0.2, 0.25) is 5.91 Å². The molecule has 1 aliphatic rings. The van der Waals surface area contributed by atoms with Crippen molar-refractivity contribution in [2.24, 2.45) is 5.41 Å².